The van der Waals surface area contributed by atoms with Crippen molar-refractivity contribution in [1.82, 2.24) is 4.57 Å². The standard InChI is InChI=1S/C54H36N2S/c1-4-15-37(16-5-1)39-27-31-43(32-28-39)55(44-33-29-40(30-34-44)38-17-6-2-7-18-38)51-36-41(35-48-46-21-11-13-26-52(46)57-54(48)51)45-23-14-25-50-53(45)47-22-10-12-24-49(47)56(50)42-19-8-3-9-20-42/h1-36H. The SMILES string of the molecule is c1ccc(-c2ccc(N(c3ccc(-c4ccccc4)cc3)c3cc(-c4cccc5c4c4ccccc4n5-c4ccccc4)cc4c3sc3ccccc34)cc2)cc1. The predicted octanol–water partition coefficient (Wildman–Crippen LogP) is 15.6. The van der Waals surface area contributed by atoms with E-state index in [0.29, 0.717) is 0 Å². The van der Waals surface area contributed by atoms with E-state index in [1.165, 1.54) is 75.4 Å². The molecule has 268 valence electrons. The Labute approximate surface area is 335 Å². The average Bonchev–Trinajstić information content (AvgIpc) is 3.84. The van der Waals surface area contributed by atoms with Crippen LogP contribution < -0.4 is 4.90 Å². The molecule has 0 fully saturated rings. The van der Waals surface area contributed by atoms with Crippen LogP contribution in [0.2, 0.25) is 0 Å². The van der Waals surface area contributed by atoms with Crippen molar-refractivity contribution in [3.8, 4) is 39.1 Å². The molecule has 0 radical (unpaired) electrons. The number of hydrogen-bond acceptors (Lipinski definition) is 2. The van der Waals surface area contributed by atoms with Crippen LogP contribution in [-0.4, -0.2) is 4.57 Å². The highest BCUT2D eigenvalue weighted by Gasteiger charge is 2.22. The first kappa shape index (κ1) is 33.2. The summed E-state index contributed by atoms with van der Waals surface area (Å²) in [7, 11) is 0. The van der Waals surface area contributed by atoms with Gasteiger partial charge in [-0.1, -0.05) is 152 Å². The van der Waals surface area contributed by atoms with Gasteiger partial charge in [-0.05, 0) is 100 Å². The summed E-state index contributed by atoms with van der Waals surface area (Å²) in [4.78, 5) is 2.46. The van der Waals surface area contributed by atoms with Gasteiger partial charge in [0.15, 0.2) is 0 Å². The fourth-order valence-corrected chi connectivity index (χ4v) is 9.73. The molecule has 11 aromatic rings. The fourth-order valence-electron chi connectivity index (χ4n) is 8.54. The summed E-state index contributed by atoms with van der Waals surface area (Å²) in [5.41, 5.74) is 14.1. The number of para-hydroxylation sites is 2. The normalized spacial score (nSPS) is 11.5. The molecule has 0 aliphatic rings. The van der Waals surface area contributed by atoms with Gasteiger partial charge in [0.1, 0.15) is 0 Å². The van der Waals surface area contributed by atoms with Gasteiger partial charge in [-0.2, -0.15) is 0 Å². The molecule has 0 saturated heterocycles. The van der Waals surface area contributed by atoms with E-state index in [9.17, 15) is 0 Å². The number of hydrogen-bond donors (Lipinski definition) is 0. The third-order valence-corrected chi connectivity index (χ3v) is 12.4. The second kappa shape index (κ2) is 13.8. The topological polar surface area (TPSA) is 8.17 Å². The first-order valence-corrected chi connectivity index (χ1v) is 20.2. The minimum atomic E-state index is 1.11. The molecule has 0 saturated carbocycles. The zero-order valence-electron chi connectivity index (χ0n) is 31.1. The van der Waals surface area contributed by atoms with Gasteiger partial charge < -0.3 is 9.47 Å². The number of fused-ring (bicyclic) bond motifs is 6. The molecule has 0 aliphatic heterocycles. The molecule has 2 nitrogen and oxygen atoms in total. The van der Waals surface area contributed by atoms with E-state index in [2.05, 4.69) is 228 Å². The van der Waals surface area contributed by atoms with E-state index in [1.807, 2.05) is 11.3 Å². The van der Waals surface area contributed by atoms with E-state index in [1.54, 1.807) is 0 Å². The Balaban J connectivity index is 1.18. The maximum Gasteiger partial charge on any atom is 0.0646 e. The lowest BCUT2D eigenvalue weighted by atomic mass is 9.96. The largest absolute Gasteiger partial charge is 0.309 e. The van der Waals surface area contributed by atoms with Crippen molar-refractivity contribution >= 4 is 70.4 Å². The van der Waals surface area contributed by atoms with Crippen LogP contribution in [0.5, 0.6) is 0 Å². The summed E-state index contributed by atoms with van der Waals surface area (Å²) in [5, 5.41) is 5.04. The van der Waals surface area contributed by atoms with Crippen molar-refractivity contribution in [2.45, 2.75) is 0 Å². The molecule has 0 spiro atoms. The maximum absolute atomic E-state index is 2.46. The Morgan fingerprint density at radius 1 is 0.368 bits per heavy atom. The molecule has 9 aromatic carbocycles. The van der Waals surface area contributed by atoms with Gasteiger partial charge in [0.25, 0.3) is 0 Å². The van der Waals surface area contributed by atoms with E-state index < -0.39 is 0 Å². The third-order valence-electron chi connectivity index (χ3n) is 11.2. The number of benzene rings is 9. The minimum Gasteiger partial charge on any atom is -0.309 e. The van der Waals surface area contributed by atoms with Crippen LogP contribution in [0.15, 0.2) is 218 Å². The molecule has 0 amide bonds. The lowest BCUT2D eigenvalue weighted by Crippen LogP contribution is -2.10. The number of rotatable bonds is 7. The maximum atomic E-state index is 2.46. The van der Waals surface area contributed by atoms with Crippen LogP contribution >= 0.6 is 11.3 Å². The number of anilines is 3. The van der Waals surface area contributed by atoms with Crippen LogP contribution in [0.4, 0.5) is 17.1 Å². The van der Waals surface area contributed by atoms with Crippen LogP contribution in [0.25, 0.3) is 81.0 Å². The molecule has 0 atom stereocenters. The molecule has 57 heavy (non-hydrogen) atoms. The van der Waals surface area contributed by atoms with Crippen molar-refractivity contribution in [2.75, 3.05) is 4.90 Å². The fraction of sp³-hybridized carbons (Fsp3) is 0. The minimum absolute atomic E-state index is 1.11. The summed E-state index contributed by atoms with van der Waals surface area (Å²) < 4.78 is 4.95. The third kappa shape index (κ3) is 5.71. The first-order valence-electron chi connectivity index (χ1n) is 19.4. The van der Waals surface area contributed by atoms with E-state index in [0.717, 1.165) is 22.7 Å². The van der Waals surface area contributed by atoms with Gasteiger partial charge in [0.05, 0.1) is 21.4 Å². The van der Waals surface area contributed by atoms with Crippen molar-refractivity contribution < 1.29 is 0 Å². The lowest BCUT2D eigenvalue weighted by Gasteiger charge is -2.27. The first-order chi connectivity index (χ1) is 28.3. The van der Waals surface area contributed by atoms with E-state index in [4.69, 9.17) is 0 Å². The van der Waals surface area contributed by atoms with E-state index in [-0.39, 0.29) is 0 Å². The molecule has 0 N–H and O–H groups in total. The molecule has 0 bridgehead atoms. The van der Waals surface area contributed by atoms with Crippen LogP contribution in [0.3, 0.4) is 0 Å². The highest BCUT2D eigenvalue weighted by Crippen LogP contribution is 2.49. The highest BCUT2D eigenvalue weighted by molar-refractivity contribution is 7.26. The van der Waals surface area contributed by atoms with Crippen molar-refractivity contribution in [2.24, 2.45) is 0 Å². The Kier molecular flexibility index (Phi) is 8.04. The Bertz CT molecular complexity index is 3120. The molecule has 11 rings (SSSR count). The molecule has 2 aromatic heterocycles. The van der Waals surface area contributed by atoms with Crippen molar-refractivity contribution in [3.05, 3.63) is 218 Å². The molecule has 0 aliphatic carbocycles. The zero-order valence-corrected chi connectivity index (χ0v) is 31.9. The quantitative estimate of drug-likeness (QED) is 0.158. The molecule has 2 heterocycles. The molecular formula is C54H36N2S. The van der Waals surface area contributed by atoms with Gasteiger partial charge >= 0.3 is 0 Å². The summed E-state index contributed by atoms with van der Waals surface area (Å²) in [6.07, 6.45) is 0. The smallest absolute Gasteiger partial charge is 0.0646 e. The van der Waals surface area contributed by atoms with Gasteiger partial charge in [0.2, 0.25) is 0 Å². The van der Waals surface area contributed by atoms with Gasteiger partial charge in [-0.25, -0.2) is 0 Å². The Morgan fingerprint density at radius 3 is 1.54 bits per heavy atom. The zero-order chi connectivity index (χ0) is 37.7. The Hall–Kier alpha value is -7.20. The van der Waals surface area contributed by atoms with Gasteiger partial charge in [-0.3, -0.25) is 0 Å². The summed E-state index contributed by atoms with van der Waals surface area (Å²) in [6, 6.07) is 79.4. The van der Waals surface area contributed by atoms with Crippen LogP contribution in [0, 0.1) is 0 Å². The average molecular weight is 745 g/mol. The lowest BCUT2D eigenvalue weighted by molar-refractivity contribution is 1.18. The van der Waals surface area contributed by atoms with Crippen LogP contribution in [-0.2, 0) is 0 Å². The van der Waals surface area contributed by atoms with Crippen molar-refractivity contribution in [3.63, 3.8) is 0 Å². The van der Waals surface area contributed by atoms with Crippen LogP contribution in [0.1, 0.15) is 0 Å². The van der Waals surface area contributed by atoms with Gasteiger partial charge in [-0.15, -0.1) is 11.3 Å². The van der Waals surface area contributed by atoms with Crippen molar-refractivity contribution in [1.29, 1.82) is 0 Å². The number of nitrogens with zero attached hydrogens (tertiary/aromatic N) is 2. The van der Waals surface area contributed by atoms with Gasteiger partial charge in [0, 0.05) is 43.3 Å². The monoisotopic (exact) mass is 744 g/mol. The number of aromatic nitrogens is 1. The predicted molar refractivity (Wildman–Crippen MR) is 245 cm³/mol. The summed E-state index contributed by atoms with van der Waals surface area (Å²) in [5.74, 6) is 0. The molecule has 0 unspecified atom stereocenters. The molecule has 3 heteroatoms. The second-order valence-electron chi connectivity index (χ2n) is 14.5. The summed E-state index contributed by atoms with van der Waals surface area (Å²) in [6.45, 7) is 0. The highest BCUT2D eigenvalue weighted by atomic mass is 32.1. The second-order valence-corrected chi connectivity index (χ2v) is 15.6. The van der Waals surface area contributed by atoms with E-state index >= 15 is 0 Å². The molecular weight excluding hydrogens is 709 g/mol. The summed E-state index contributed by atoms with van der Waals surface area (Å²) >= 11 is 1.87. The number of thiophene rings is 1. The Morgan fingerprint density at radius 2 is 0.895 bits per heavy atom.